The Labute approximate surface area is 91.6 Å². The summed E-state index contributed by atoms with van der Waals surface area (Å²) in [6, 6.07) is 7.34. The van der Waals surface area contributed by atoms with E-state index in [0.717, 1.165) is 16.9 Å². The average Bonchev–Trinajstić information content (AvgIpc) is 2.72. The van der Waals surface area contributed by atoms with Gasteiger partial charge in [-0.25, -0.2) is 14.5 Å². The highest BCUT2D eigenvalue weighted by Crippen LogP contribution is 2.21. The third kappa shape index (κ3) is 1.30. The molecule has 0 spiro atoms. The number of pyridine rings is 1. The fourth-order valence-corrected chi connectivity index (χ4v) is 1.61. The Hall–Kier alpha value is -2.43. The minimum Gasteiger partial charge on any atom is -0.384 e. The first kappa shape index (κ1) is 8.84. The summed E-state index contributed by atoms with van der Waals surface area (Å²) in [5.74, 6) is 0.493. The predicted octanol–water partition coefficient (Wildman–Crippen LogP) is 1.37. The van der Waals surface area contributed by atoms with Gasteiger partial charge < -0.3 is 5.73 Å². The van der Waals surface area contributed by atoms with Gasteiger partial charge in [-0.05, 0) is 18.2 Å². The molecule has 2 N–H and O–H groups in total. The van der Waals surface area contributed by atoms with Crippen LogP contribution in [0.5, 0.6) is 0 Å². The number of nitrogens with zero attached hydrogens (tertiary/aromatic N) is 4. The maximum absolute atomic E-state index is 5.65. The highest BCUT2D eigenvalue weighted by Gasteiger charge is 2.08. The fourth-order valence-electron chi connectivity index (χ4n) is 1.61. The molecular formula is C11H9N5. The number of aromatic nitrogens is 4. The Kier molecular flexibility index (Phi) is 1.83. The van der Waals surface area contributed by atoms with E-state index in [-0.39, 0.29) is 0 Å². The van der Waals surface area contributed by atoms with Crippen LogP contribution < -0.4 is 5.73 Å². The molecule has 16 heavy (non-hydrogen) atoms. The zero-order valence-electron chi connectivity index (χ0n) is 8.41. The quantitative estimate of drug-likeness (QED) is 0.660. The number of hydrogen-bond acceptors (Lipinski definition) is 4. The third-order valence-corrected chi connectivity index (χ3v) is 2.33. The first-order valence-electron chi connectivity index (χ1n) is 4.86. The molecule has 0 aliphatic carbocycles. The van der Waals surface area contributed by atoms with Gasteiger partial charge in [0.1, 0.15) is 5.82 Å². The molecule has 3 rings (SSSR count). The molecule has 0 aliphatic rings. The van der Waals surface area contributed by atoms with Gasteiger partial charge in [0, 0.05) is 12.4 Å². The van der Waals surface area contributed by atoms with Crippen molar-refractivity contribution < 1.29 is 0 Å². The van der Waals surface area contributed by atoms with Gasteiger partial charge >= 0.3 is 0 Å². The zero-order chi connectivity index (χ0) is 11.0. The maximum Gasteiger partial charge on any atom is 0.164 e. The van der Waals surface area contributed by atoms with Crippen molar-refractivity contribution in [2.75, 3.05) is 5.73 Å². The lowest BCUT2D eigenvalue weighted by Crippen LogP contribution is -1.92. The van der Waals surface area contributed by atoms with Crippen LogP contribution in [0.3, 0.4) is 0 Å². The van der Waals surface area contributed by atoms with E-state index in [2.05, 4.69) is 15.1 Å². The van der Waals surface area contributed by atoms with Gasteiger partial charge in [-0.15, -0.1) is 0 Å². The number of nitrogens with two attached hydrogens (primary N) is 1. The number of rotatable bonds is 1. The lowest BCUT2D eigenvalue weighted by molar-refractivity contribution is 0.939. The lowest BCUT2D eigenvalue weighted by atomic mass is 10.2. The van der Waals surface area contributed by atoms with Crippen LogP contribution in [-0.2, 0) is 0 Å². The van der Waals surface area contributed by atoms with Gasteiger partial charge in [0.15, 0.2) is 5.65 Å². The number of hydrogen-bond donors (Lipinski definition) is 1. The second kappa shape index (κ2) is 3.30. The van der Waals surface area contributed by atoms with E-state index in [1.54, 1.807) is 23.0 Å². The van der Waals surface area contributed by atoms with Gasteiger partial charge in [-0.1, -0.05) is 6.07 Å². The molecule has 0 atom stereocenters. The molecular weight excluding hydrogens is 202 g/mol. The SMILES string of the molecule is Nc1cccc(-c2cnn3cccnc23)n1. The Morgan fingerprint density at radius 1 is 1.19 bits per heavy atom. The molecule has 3 aromatic rings. The molecule has 0 saturated heterocycles. The smallest absolute Gasteiger partial charge is 0.164 e. The van der Waals surface area contributed by atoms with E-state index >= 15 is 0 Å². The van der Waals surface area contributed by atoms with Crippen molar-refractivity contribution in [1.29, 1.82) is 0 Å². The highest BCUT2D eigenvalue weighted by atomic mass is 15.2. The van der Waals surface area contributed by atoms with E-state index < -0.39 is 0 Å². The maximum atomic E-state index is 5.65. The first-order chi connectivity index (χ1) is 7.84. The summed E-state index contributed by atoms with van der Waals surface area (Å²) >= 11 is 0. The van der Waals surface area contributed by atoms with Gasteiger partial charge in [-0.3, -0.25) is 0 Å². The van der Waals surface area contributed by atoms with Crippen LogP contribution in [0.2, 0.25) is 0 Å². The van der Waals surface area contributed by atoms with Gasteiger partial charge in [0.25, 0.3) is 0 Å². The molecule has 0 bridgehead atoms. The Morgan fingerprint density at radius 2 is 2.12 bits per heavy atom. The van der Waals surface area contributed by atoms with Crippen molar-refractivity contribution in [3.05, 3.63) is 42.9 Å². The Bertz CT molecular complexity index is 643. The van der Waals surface area contributed by atoms with Crippen molar-refractivity contribution in [3.63, 3.8) is 0 Å². The van der Waals surface area contributed by atoms with E-state index in [1.807, 2.05) is 24.4 Å². The van der Waals surface area contributed by atoms with Crippen LogP contribution in [-0.4, -0.2) is 19.6 Å². The van der Waals surface area contributed by atoms with Crippen molar-refractivity contribution in [3.8, 4) is 11.3 Å². The van der Waals surface area contributed by atoms with Crippen molar-refractivity contribution >= 4 is 11.5 Å². The molecule has 0 saturated carbocycles. The molecule has 0 radical (unpaired) electrons. The molecule has 0 fully saturated rings. The molecule has 0 amide bonds. The Morgan fingerprint density at radius 3 is 3.00 bits per heavy atom. The van der Waals surface area contributed by atoms with Crippen LogP contribution >= 0.6 is 0 Å². The number of fused-ring (bicyclic) bond motifs is 1. The largest absolute Gasteiger partial charge is 0.384 e. The summed E-state index contributed by atoms with van der Waals surface area (Å²) in [5.41, 5.74) is 8.10. The van der Waals surface area contributed by atoms with Crippen molar-refractivity contribution in [2.45, 2.75) is 0 Å². The molecule has 0 aliphatic heterocycles. The van der Waals surface area contributed by atoms with E-state index in [4.69, 9.17) is 5.73 Å². The lowest BCUT2D eigenvalue weighted by Gasteiger charge is -1.98. The average molecular weight is 211 g/mol. The summed E-state index contributed by atoms with van der Waals surface area (Å²) in [6.45, 7) is 0. The molecule has 5 heteroatoms. The van der Waals surface area contributed by atoms with E-state index in [1.165, 1.54) is 0 Å². The van der Waals surface area contributed by atoms with Crippen molar-refractivity contribution in [2.24, 2.45) is 0 Å². The van der Waals surface area contributed by atoms with Crippen LogP contribution in [0.15, 0.2) is 42.9 Å². The first-order valence-corrected chi connectivity index (χ1v) is 4.86. The summed E-state index contributed by atoms with van der Waals surface area (Å²) in [4.78, 5) is 8.52. The van der Waals surface area contributed by atoms with Crippen LogP contribution in [0.25, 0.3) is 16.9 Å². The summed E-state index contributed by atoms with van der Waals surface area (Å²) in [5, 5.41) is 4.20. The fraction of sp³-hybridized carbons (Fsp3) is 0. The van der Waals surface area contributed by atoms with Crippen LogP contribution in [0.1, 0.15) is 0 Å². The van der Waals surface area contributed by atoms with Crippen LogP contribution in [0, 0.1) is 0 Å². The molecule has 0 unspecified atom stereocenters. The summed E-state index contributed by atoms with van der Waals surface area (Å²) < 4.78 is 1.71. The topological polar surface area (TPSA) is 69.1 Å². The second-order valence-electron chi connectivity index (χ2n) is 3.39. The predicted molar refractivity (Wildman–Crippen MR) is 60.6 cm³/mol. The molecule has 3 aromatic heterocycles. The van der Waals surface area contributed by atoms with Gasteiger partial charge in [-0.2, -0.15) is 5.10 Å². The van der Waals surface area contributed by atoms with E-state index in [9.17, 15) is 0 Å². The summed E-state index contributed by atoms with van der Waals surface area (Å²) in [6.07, 6.45) is 5.31. The number of anilines is 1. The van der Waals surface area contributed by atoms with E-state index in [0.29, 0.717) is 5.82 Å². The normalized spacial score (nSPS) is 10.8. The standard InChI is InChI=1S/C11H9N5/c12-10-4-1-3-9(15-10)8-7-14-16-6-2-5-13-11(8)16/h1-7H,(H2,12,15). The second-order valence-corrected chi connectivity index (χ2v) is 3.39. The highest BCUT2D eigenvalue weighted by molar-refractivity contribution is 5.74. The minimum absolute atomic E-state index is 0.493. The molecule has 5 nitrogen and oxygen atoms in total. The molecule has 78 valence electrons. The third-order valence-electron chi connectivity index (χ3n) is 2.33. The summed E-state index contributed by atoms with van der Waals surface area (Å²) in [7, 11) is 0. The van der Waals surface area contributed by atoms with Crippen molar-refractivity contribution in [1.82, 2.24) is 19.6 Å². The minimum atomic E-state index is 0.493. The molecule has 3 heterocycles. The van der Waals surface area contributed by atoms with Gasteiger partial charge in [0.05, 0.1) is 17.5 Å². The monoisotopic (exact) mass is 211 g/mol. The number of nitrogen functional groups attached to an aromatic ring is 1. The van der Waals surface area contributed by atoms with Gasteiger partial charge in [0.2, 0.25) is 0 Å². The Balaban J connectivity index is 2.26. The van der Waals surface area contributed by atoms with Crippen LogP contribution in [0.4, 0.5) is 5.82 Å². The zero-order valence-corrected chi connectivity index (χ0v) is 8.41. The molecule has 0 aromatic carbocycles.